The van der Waals surface area contributed by atoms with E-state index in [-0.39, 0.29) is 5.92 Å². The average Bonchev–Trinajstić information content (AvgIpc) is 3.14. The lowest BCUT2D eigenvalue weighted by Gasteiger charge is -2.21. The minimum absolute atomic E-state index is 0.0939. The van der Waals surface area contributed by atoms with Crippen molar-refractivity contribution in [3.63, 3.8) is 0 Å². The number of hydrogen-bond acceptors (Lipinski definition) is 5. The first-order chi connectivity index (χ1) is 13.5. The maximum absolute atomic E-state index is 12.6. The molecule has 0 unspecified atom stereocenters. The van der Waals surface area contributed by atoms with Crippen LogP contribution in [0.25, 0.3) is 10.8 Å². The predicted octanol–water partition coefficient (Wildman–Crippen LogP) is 2.80. The van der Waals surface area contributed by atoms with Gasteiger partial charge in [0.05, 0.1) is 12.7 Å². The summed E-state index contributed by atoms with van der Waals surface area (Å²) in [6.45, 7) is 3.31. The van der Waals surface area contributed by atoms with E-state index in [1.54, 1.807) is 6.07 Å². The Labute approximate surface area is 164 Å². The molecule has 0 fully saturated rings. The van der Waals surface area contributed by atoms with E-state index in [1.807, 2.05) is 32.0 Å². The quantitative estimate of drug-likeness (QED) is 0.744. The highest BCUT2D eigenvalue weighted by molar-refractivity contribution is 6.07. The number of nitrogens with one attached hydrogen (secondary N) is 1. The van der Waals surface area contributed by atoms with E-state index >= 15 is 0 Å². The first-order valence-electron chi connectivity index (χ1n) is 9.54. The van der Waals surface area contributed by atoms with Crippen molar-refractivity contribution in [1.29, 1.82) is 0 Å². The minimum atomic E-state index is -0.766. The van der Waals surface area contributed by atoms with Gasteiger partial charge in [0.1, 0.15) is 6.04 Å². The molecule has 1 amide bonds. The molecular weight excluding hydrogens is 358 g/mol. The van der Waals surface area contributed by atoms with Crippen LogP contribution in [-0.2, 0) is 31.9 Å². The molecule has 0 saturated heterocycles. The van der Waals surface area contributed by atoms with E-state index in [0.717, 1.165) is 23.6 Å². The zero-order valence-electron chi connectivity index (χ0n) is 16.4. The molecule has 1 N–H and O–H groups in total. The van der Waals surface area contributed by atoms with Gasteiger partial charge >= 0.3 is 11.9 Å². The van der Waals surface area contributed by atoms with Crippen LogP contribution in [0.1, 0.15) is 41.8 Å². The molecule has 2 aromatic rings. The van der Waals surface area contributed by atoms with Crippen molar-refractivity contribution in [2.24, 2.45) is 5.92 Å². The number of benzene rings is 2. The van der Waals surface area contributed by atoms with Crippen molar-refractivity contribution >= 4 is 28.6 Å². The van der Waals surface area contributed by atoms with Gasteiger partial charge in [0.2, 0.25) is 0 Å². The molecule has 6 heteroatoms. The van der Waals surface area contributed by atoms with E-state index < -0.39 is 30.5 Å². The molecule has 0 aliphatic heterocycles. The van der Waals surface area contributed by atoms with Gasteiger partial charge in [0.25, 0.3) is 5.91 Å². The third-order valence-electron chi connectivity index (χ3n) is 5.42. The van der Waals surface area contributed by atoms with Crippen molar-refractivity contribution in [3.05, 3.63) is 47.0 Å². The van der Waals surface area contributed by atoms with Crippen LogP contribution < -0.4 is 5.32 Å². The molecule has 0 heterocycles. The van der Waals surface area contributed by atoms with Gasteiger partial charge < -0.3 is 14.8 Å². The predicted molar refractivity (Wildman–Crippen MR) is 105 cm³/mol. The molecule has 0 radical (unpaired) electrons. The molecule has 2 aromatic carbocycles. The molecule has 1 aliphatic carbocycles. The zero-order valence-corrected chi connectivity index (χ0v) is 16.4. The van der Waals surface area contributed by atoms with Crippen molar-refractivity contribution in [1.82, 2.24) is 5.32 Å². The standard InChI is InChI=1S/C22H25NO5/c1-4-13(2)20(22(26)27-3)23-18(24)12-28-21(25)17-11-10-15-9-8-14-6-5-7-16(17)19(14)15/h5-7,10-11,13,20H,4,8-9,12H2,1-3H3,(H,23,24)/t13-,20-/m0/s1. The second-order valence-corrected chi connectivity index (χ2v) is 7.14. The average molecular weight is 383 g/mol. The Hall–Kier alpha value is -2.89. The number of hydrogen-bond donors (Lipinski definition) is 1. The second kappa shape index (κ2) is 8.42. The van der Waals surface area contributed by atoms with Gasteiger partial charge in [-0.05, 0) is 46.7 Å². The molecule has 0 bridgehead atoms. The van der Waals surface area contributed by atoms with E-state index in [4.69, 9.17) is 9.47 Å². The van der Waals surface area contributed by atoms with Crippen LogP contribution in [0.4, 0.5) is 0 Å². The highest BCUT2D eigenvalue weighted by atomic mass is 16.5. The van der Waals surface area contributed by atoms with Crippen LogP contribution >= 0.6 is 0 Å². The number of carbonyl (C=O) groups excluding carboxylic acids is 3. The fourth-order valence-corrected chi connectivity index (χ4v) is 3.64. The van der Waals surface area contributed by atoms with Crippen LogP contribution in [0, 0.1) is 5.92 Å². The zero-order chi connectivity index (χ0) is 20.3. The molecule has 2 atom stereocenters. The first-order valence-corrected chi connectivity index (χ1v) is 9.54. The van der Waals surface area contributed by atoms with Crippen LogP contribution in [0.3, 0.4) is 0 Å². The number of carbonyl (C=O) groups is 3. The fourth-order valence-electron chi connectivity index (χ4n) is 3.64. The molecule has 6 nitrogen and oxygen atoms in total. The second-order valence-electron chi connectivity index (χ2n) is 7.14. The van der Waals surface area contributed by atoms with Gasteiger partial charge in [-0.1, -0.05) is 44.5 Å². The summed E-state index contributed by atoms with van der Waals surface area (Å²) in [5.41, 5.74) is 2.91. The van der Waals surface area contributed by atoms with Gasteiger partial charge in [-0.25, -0.2) is 9.59 Å². The Morgan fingerprint density at radius 2 is 1.82 bits per heavy atom. The summed E-state index contributed by atoms with van der Waals surface area (Å²) >= 11 is 0. The molecular formula is C22H25NO5. The van der Waals surface area contributed by atoms with Gasteiger partial charge in [-0.2, -0.15) is 0 Å². The fraction of sp³-hybridized carbons (Fsp3) is 0.409. The number of amides is 1. The molecule has 28 heavy (non-hydrogen) atoms. The van der Waals surface area contributed by atoms with E-state index in [0.29, 0.717) is 12.0 Å². The van der Waals surface area contributed by atoms with Crippen LogP contribution in [0.5, 0.6) is 0 Å². The summed E-state index contributed by atoms with van der Waals surface area (Å²) in [7, 11) is 1.28. The van der Waals surface area contributed by atoms with Crippen LogP contribution in [0.15, 0.2) is 30.3 Å². The summed E-state index contributed by atoms with van der Waals surface area (Å²) in [6.07, 6.45) is 2.64. The maximum atomic E-state index is 12.6. The lowest BCUT2D eigenvalue weighted by Crippen LogP contribution is -2.47. The number of rotatable bonds is 7. The summed E-state index contributed by atoms with van der Waals surface area (Å²) in [6, 6.07) is 8.85. The molecule has 148 valence electrons. The Morgan fingerprint density at radius 1 is 1.11 bits per heavy atom. The first kappa shape index (κ1) is 19.9. The number of methoxy groups -OCH3 is 1. The van der Waals surface area contributed by atoms with E-state index in [1.165, 1.54) is 18.2 Å². The topological polar surface area (TPSA) is 81.7 Å². The summed E-state index contributed by atoms with van der Waals surface area (Å²) < 4.78 is 9.97. The lowest BCUT2D eigenvalue weighted by molar-refractivity contribution is -0.147. The Balaban J connectivity index is 1.68. The maximum Gasteiger partial charge on any atom is 0.339 e. The molecule has 0 saturated carbocycles. The van der Waals surface area contributed by atoms with E-state index in [2.05, 4.69) is 11.4 Å². The minimum Gasteiger partial charge on any atom is -0.467 e. The third-order valence-corrected chi connectivity index (χ3v) is 5.42. The number of ether oxygens (including phenoxy) is 2. The lowest BCUT2D eigenvalue weighted by atomic mass is 9.99. The van der Waals surface area contributed by atoms with Gasteiger partial charge in [0, 0.05) is 0 Å². The van der Waals surface area contributed by atoms with Crippen molar-refractivity contribution < 1.29 is 23.9 Å². The Morgan fingerprint density at radius 3 is 2.50 bits per heavy atom. The molecule has 0 spiro atoms. The molecule has 0 aromatic heterocycles. The normalized spacial score (nSPS) is 14.4. The molecule has 1 aliphatic rings. The SMILES string of the molecule is CC[C@H](C)[C@H](NC(=O)COC(=O)c1ccc2c3c(cccc13)CC2)C(=O)OC. The Bertz CT molecular complexity index is 910. The molecule has 3 rings (SSSR count). The van der Waals surface area contributed by atoms with Crippen LogP contribution in [0.2, 0.25) is 0 Å². The smallest absolute Gasteiger partial charge is 0.339 e. The van der Waals surface area contributed by atoms with Gasteiger partial charge in [-0.15, -0.1) is 0 Å². The van der Waals surface area contributed by atoms with Crippen molar-refractivity contribution in [3.8, 4) is 0 Å². The van der Waals surface area contributed by atoms with Crippen molar-refractivity contribution in [2.75, 3.05) is 13.7 Å². The number of aryl methyl sites for hydroxylation is 2. The monoisotopic (exact) mass is 383 g/mol. The highest BCUT2D eigenvalue weighted by Crippen LogP contribution is 2.32. The van der Waals surface area contributed by atoms with Crippen LogP contribution in [-0.4, -0.2) is 37.6 Å². The summed E-state index contributed by atoms with van der Waals surface area (Å²) in [4.78, 5) is 36.7. The van der Waals surface area contributed by atoms with Crippen molar-refractivity contribution in [2.45, 2.75) is 39.2 Å². The van der Waals surface area contributed by atoms with Gasteiger partial charge in [0.15, 0.2) is 6.61 Å². The number of esters is 2. The third kappa shape index (κ3) is 3.86. The highest BCUT2D eigenvalue weighted by Gasteiger charge is 2.27. The summed E-state index contributed by atoms with van der Waals surface area (Å²) in [5.74, 6) is -1.69. The van der Waals surface area contributed by atoms with Gasteiger partial charge in [-0.3, -0.25) is 4.79 Å². The summed E-state index contributed by atoms with van der Waals surface area (Å²) in [5, 5.41) is 4.57. The largest absolute Gasteiger partial charge is 0.467 e. The van der Waals surface area contributed by atoms with E-state index in [9.17, 15) is 14.4 Å². The Kier molecular flexibility index (Phi) is 5.97.